The number of aromatic nitrogens is 3. The van der Waals surface area contributed by atoms with E-state index < -0.39 is 11.7 Å². The van der Waals surface area contributed by atoms with Crippen LogP contribution < -0.4 is 14.8 Å². The highest BCUT2D eigenvalue weighted by molar-refractivity contribution is 7.14. The average Bonchev–Trinajstić information content (AvgIpc) is 3.22. The second-order valence-electron chi connectivity index (χ2n) is 6.77. The molecule has 4 rings (SSSR count). The Balaban J connectivity index is 1.67. The summed E-state index contributed by atoms with van der Waals surface area (Å²) in [6.45, 7) is 3.58. The van der Waals surface area contributed by atoms with E-state index in [-0.39, 0.29) is 5.56 Å². The van der Waals surface area contributed by atoms with Crippen LogP contribution in [-0.2, 0) is 0 Å². The van der Waals surface area contributed by atoms with Gasteiger partial charge in [0.05, 0.1) is 42.4 Å². The van der Waals surface area contributed by atoms with Crippen molar-refractivity contribution < 1.29 is 18.7 Å². The van der Waals surface area contributed by atoms with Crippen molar-refractivity contribution in [2.24, 2.45) is 0 Å². The third-order valence-electron chi connectivity index (χ3n) is 4.80. The number of carbonyl (C=O) groups is 1. The number of hydrogen-bond acceptors (Lipinski definition) is 7. The molecule has 0 radical (unpaired) electrons. The molecule has 2 aromatic heterocycles. The number of hydrogen-bond donors (Lipinski definition) is 1. The molecule has 9 heteroatoms. The number of amides is 1. The van der Waals surface area contributed by atoms with Crippen LogP contribution >= 0.6 is 11.3 Å². The number of nitrogens with zero attached hydrogens (tertiary/aromatic N) is 3. The molecule has 1 amide bonds. The molecular weight excluding hydrogens is 419 g/mol. The number of ether oxygens (including phenoxy) is 2. The summed E-state index contributed by atoms with van der Waals surface area (Å²) >= 11 is 1.25. The third-order valence-corrected chi connectivity index (χ3v) is 5.56. The molecule has 0 aliphatic rings. The number of rotatable bonds is 5. The standard InChI is InChI=1S/C22H19FN4O3S/c1-11-12(2)25-20-16(7-13(23)8-17(20)24-11)21(28)27-22-26-18(10-31-22)15-9-14(29-3)5-6-19(15)30-4/h5-10H,1-4H3,(H,26,27,28). The van der Waals surface area contributed by atoms with Gasteiger partial charge in [-0.3, -0.25) is 10.1 Å². The second-order valence-corrected chi connectivity index (χ2v) is 7.63. The Morgan fingerprint density at radius 2 is 1.81 bits per heavy atom. The third kappa shape index (κ3) is 4.04. The molecule has 0 fully saturated rings. The van der Waals surface area contributed by atoms with Gasteiger partial charge in [-0.1, -0.05) is 0 Å². The minimum atomic E-state index is -0.559. The summed E-state index contributed by atoms with van der Waals surface area (Å²) in [6, 6.07) is 7.80. The van der Waals surface area contributed by atoms with E-state index in [1.165, 1.54) is 17.4 Å². The van der Waals surface area contributed by atoms with Crippen LogP contribution in [0.2, 0.25) is 0 Å². The summed E-state index contributed by atoms with van der Waals surface area (Å²) in [6.07, 6.45) is 0. The minimum Gasteiger partial charge on any atom is -0.497 e. The van der Waals surface area contributed by atoms with E-state index in [9.17, 15) is 9.18 Å². The van der Waals surface area contributed by atoms with Gasteiger partial charge in [0.25, 0.3) is 5.91 Å². The van der Waals surface area contributed by atoms with Crippen molar-refractivity contribution in [2.75, 3.05) is 19.5 Å². The second kappa shape index (κ2) is 8.27. The molecule has 158 valence electrons. The molecule has 0 aliphatic heterocycles. The first kappa shape index (κ1) is 20.7. The molecule has 0 unspecified atom stereocenters. The first-order valence-corrected chi connectivity index (χ1v) is 10.2. The smallest absolute Gasteiger partial charge is 0.259 e. The molecule has 0 bridgehead atoms. The van der Waals surface area contributed by atoms with Crippen molar-refractivity contribution >= 4 is 33.4 Å². The summed E-state index contributed by atoms with van der Waals surface area (Å²) in [7, 11) is 3.15. The van der Waals surface area contributed by atoms with Crippen molar-refractivity contribution in [3.8, 4) is 22.8 Å². The van der Waals surface area contributed by atoms with Gasteiger partial charge in [0.15, 0.2) is 5.13 Å². The molecule has 0 spiro atoms. The predicted molar refractivity (Wildman–Crippen MR) is 118 cm³/mol. The van der Waals surface area contributed by atoms with Crippen molar-refractivity contribution in [3.63, 3.8) is 0 Å². The normalized spacial score (nSPS) is 10.9. The molecule has 4 aromatic rings. The molecular formula is C22H19FN4O3S. The first-order chi connectivity index (χ1) is 14.9. The fourth-order valence-electron chi connectivity index (χ4n) is 3.10. The maximum Gasteiger partial charge on any atom is 0.259 e. The molecule has 0 aliphatic carbocycles. The molecule has 2 heterocycles. The fourth-order valence-corrected chi connectivity index (χ4v) is 3.81. The predicted octanol–water partition coefficient (Wildman–Crippen LogP) is 4.78. The summed E-state index contributed by atoms with van der Waals surface area (Å²) < 4.78 is 24.8. The van der Waals surface area contributed by atoms with Gasteiger partial charge in [-0.15, -0.1) is 11.3 Å². The Kier molecular flexibility index (Phi) is 5.51. The quantitative estimate of drug-likeness (QED) is 0.483. The van der Waals surface area contributed by atoms with Gasteiger partial charge in [-0.05, 0) is 38.1 Å². The molecule has 0 saturated carbocycles. The van der Waals surface area contributed by atoms with Crippen LogP contribution in [0.15, 0.2) is 35.7 Å². The Morgan fingerprint density at radius 1 is 1.03 bits per heavy atom. The molecule has 0 atom stereocenters. The van der Waals surface area contributed by atoms with Gasteiger partial charge >= 0.3 is 0 Å². The molecule has 7 nitrogen and oxygen atoms in total. The van der Waals surface area contributed by atoms with E-state index in [2.05, 4.69) is 20.3 Å². The monoisotopic (exact) mass is 438 g/mol. The average molecular weight is 438 g/mol. The number of aryl methyl sites for hydroxylation is 2. The molecule has 0 saturated heterocycles. The zero-order chi connectivity index (χ0) is 22.1. The van der Waals surface area contributed by atoms with Crippen LogP contribution in [0, 0.1) is 19.7 Å². The lowest BCUT2D eigenvalue weighted by Crippen LogP contribution is -2.14. The van der Waals surface area contributed by atoms with Gasteiger partial charge < -0.3 is 9.47 Å². The summed E-state index contributed by atoms with van der Waals surface area (Å²) in [5.74, 6) is 0.211. The maximum absolute atomic E-state index is 14.1. The van der Waals surface area contributed by atoms with Crippen LogP contribution in [0.3, 0.4) is 0 Å². The zero-order valence-corrected chi connectivity index (χ0v) is 18.1. The largest absolute Gasteiger partial charge is 0.497 e. The highest BCUT2D eigenvalue weighted by Gasteiger charge is 2.18. The van der Waals surface area contributed by atoms with Crippen LogP contribution in [0.1, 0.15) is 21.7 Å². The summed E-state index contributed by atoms with van der Waals surface area (Å²) in [4.78, 5) is 26.2. The highest BCUT2D eigenvalue weighted by Crippen LogP contribution is 2.35. The highest BCUT2D eigenvalue weighted by atomic mass is 32.1. The van der Waals surface area contributed by atoms with Crippen molar-refractivity contribution in [2.45, 2.75) is 13.8 Å². The van der Waals surface area contributed by atoms with E-state index in [4.69, 9.17) is 9.47 Å². The lowest BCUT2D eigenvalue weighted by Gasteiger charge is -2.09. The minimum absolute atomic E-state index is 0.0984. The van der Waals surface area contributed by atoms with Crippen molar-refractivity contribution in [1.82, 2.24) is 15.0 Å². The topological polar surface area (TPSA) is 86.2 Å². The number of thiazole rings is 1. The Morgan fingerprint density at radius 3 is 2.55 bits per heavy atom. The van der Waals surface area contributed by atoms with Crippen LogP contribution in [-0.4, -0.2) is 35.1 Å². The SMILES string of the molecule is COc1ccc(OC)c(-c2csc(NC(=O)c3cc(F)cc4nc(C)c(C)nc34)n2)c1. The van der Waals surface area contributed by atoms with E-state index in [1.54, 1.807) is 51.6 Å². The van der Waals surface area contributed by atoms with Gasteiger partial charge in [0.1, 0.15) is 22.8 Å². The van der Waals surface area contributed by atoms with Gasteiger partial charge in [0, 0.05) is 17.0 Å². The van der Waals surface area contributed by atoms with E-state index in [0.29, 0.717) is 44.7 Å². The number of carbonyl (C=O) groups excluding carboxylic acids is 1. The van der Waals surface area contributed by atoms with Crippen molar-refractivity contribution in [3.05, 3.63) is 58.5 Å². The van der Waals surface area contributed by atoms with Gasteiger partial charge in [0.2, 0.25) is 0 Å². The van der Waals surface area contributed by atoms with Crippen LogP contribution in [0.25, 0.3) is 22.3 Å². The van der Waals surface area contributed by atoms with E-state index in [1.807, 2.05) is 0 Å². The number of benzene rings is 2. The first-order valence-electron chi connectivity index (χ1n) is 9.33. The van der Waals surface area contributed by atoms with Gasteiger partial charge in [-0.2, -0.15) is 0 Å². The number of fused-ring (bicyclic) bond motifs is 1. The van der Waals surface area contributed by atoms with E-state index in [0.717, 1.165) is 11.6 Å². The summed E-state index contributed by atoms with van der Waals surface area (Å²) in [5.41, 5.74) is 3.47. The maximum atomic E-state index is 14.1. The lowest BCUT2D eigenvalue weighted by atomic mass is 10.1. The fraction of sp³-hybridized carbons (Fsp3) is 0.182. The molecule has 31 heavy (non-hydrogen) atoms. The summed E-state index contributed by atoms with van der Waals surface area (Å²) in [5, 5.41) is 4.89. The van der Waals surface area contributed by atoms with Crippen LogP contribution in [0.5, 0.6) is 11.5 Å². The zero-order valence-electron chi connectivity index (χ0n) is 17.3. The Bertz CT molecular complexity index is 1310. The molecule has 1 N–H and O–H groups in total. The number of nitrogens with one attached hydrogen (secondary N) is 1. The Hall–Kier alpha value is -3.59. The van der Waals surface area contributed by atoms with Crippen molar-refractivity contribution in [1.29, 1.82) is 0 Å². The lowest BCUT2D eigenvalue weighted by molar-refractivity contribution is 0.102. The van der Waals surface area contributed by atoms with Crippen LogP contribution in [0.4, 0.5) is 9.52 Å². The number of methoxy groups -OCH3 is 2. The number of halogens is 1. The van der Waals surface area contributed by atoms with E-state index >= 15 is 0 Å². The molecule has 2 aromatic carbocycles. The number of anilines is 1. The Labute approximate surface area is 181 Å². The van der Waals surface area contributed by atoms with Gasteiger partial charge in [-0.25, -0.2) is 19.3 Å².